The fourth-order valence-electron chi connectivity index (χ4n) is 3.50. The second-order valence-electron chi connectivity index (χ2n) is 6.58. The Bertz CT molecular complexity index is 1270. The molecule has 0 fully saturated rings. The van der Waals surface area contributed by atoms with Gasteiger partial charge in [-0.15, -0.1) is 0 Å². The summed E-state index contributed by atoms with van der Waals surface area (Å²) < 4.78 is 30.8. The standard InChI is InChI=1S/C23H19FN2O4/c1-28-21-10-16-18(11-22(21)29-2)26-9-8-20(16)30-19-7-6-14-13(17(19)12-24)4-3-5-15(14)23(25)27/h3-11H,12H2,1-2H3,(H2,25,27). The van der Waals surface area contributed by atoms with Crippen molar-refractivity contribution in [1.29, 1.82) is 0 Å². The number of halogens is 1. The molecule has 0 atom stereocenters. The SMILES string of the molecule is COc1cc2nccc(Oc3ccc4c(C(N)=O)cccc4c3CF)c2cc1OC. The van der Waals surface area contributed by atoms with Crippen LogP contribution >= 0.6 is 0 Å². The Morgan fingerprint density at radius 1 is 0.933 bits per heavy atom. The number of fused-ring (bicyclic) bond motifs is 2. The molecule has 0 aliphatic rings. The van der Waals surface area contributed by atoms with Crippen LogP contribution in [-0.2, 0) is 6.67 Å². The molecule has 0 spiro atoms. The van der Waals surface area contributed by atoms with Gasteiger partial charge in [-0.3, -0.25) is 9.78 Å². The normalized spacial score (nSPS) is 10.9. The maximum Gasteiger partial charge on any atom is 0.249 e. The molecule has 6 nitrogen and oxygen atoms in total. The number of hydrogen-bond acceptors (Lipinski definition) is 5. The third-order valence-electron chi connectivity index (χ3n) is 4.96. The highest BCUT2D eigenvalue weighted by molar-refractivity contribution is 6.07. The number of hydrogen-bond donors (Lipinski definition) is 1. The lowest BCUT2D eigenvalue weighted by molar-refractivity contribution is 0.100. The van der Waals surface area contributed by atoms with E-state index in [1.807, 2.05) is 0 Å². The summed E-state index contributed by atoms with van der Waals surface area (Å²) in [6.07, 6.45) is 1.60. The van der Waals surface area contributed by atoms with Crippen molar-refractivity contribution in [3.63, 3.8) is 0 Å². The van der Waals surface area contributed by atoms with Crippen molar-refractivity contribution < 1.29 is 23.4 Å². The van der Waals surface area contributed by atoms with E-state index in [9.17, 15) is 9.18 Å². The number of nitrogens with zero attached hydrogens (tertiary/aromatic N) is 1. The summed E-state index contributed by atoms with van der Waals surface area (Å²) in [7, 11) is 3.09. The first-order chi connectivity index (χ1) is 14.6. The second-order valence-corrected chi connectivity index (χ2v) is 6.58. The van der Waals surface area contributed by atoms with Crippen LogP contribution in [0.5, 0.6) is 23.0 Å². The van der Waals surface area contributed by atoms with E-state index in [0.29, 0.717) is 55.8 Å². The van der Waals surface area contributed by atoms with Crippen molar-refractivity contribution in [2.24, 2.45) is 5.73 Å². The summed E-state index contributed by atoms with van der Waals surface area (Å²) in [4.78, 5) is 16.1. The van der Waals surface area contributed by atoms with Crippen LogP contribution in [-0.4, -0.2) is 25.1 Å². The number of rotatable bonds is 6. The molecule has 0 saturated carbocycles. The van der Waals surface area contributed by atoms with E-state index in [1.165, 1.54) is 0 Å². The second kappa shape index (κ2) is 7.87. The molecule has 0 aliphatic carbocycles. The number of aromatic nitrogens is 1. The van der Waals surface area contributed by atoms with E-state index in [2.05, 4.69) is 4.98 Å². The molecule has 0 bridgehead atoms. The summed E-state index contributed by atoms with van der Waals surface area (Å²) in [5, 5.41) is 1.84. The Balaban J connectivity index is 1.87. The molecule has 0 unspecified atom stereocenters. The van der Waals surface area contributed by atoms with Crippen LogP contribution in [0.15, 0.2) is 54.7 Å². The first kappa shape index (κ1) is 19.4. The van der Waals surface area contributed by atoms with Gasteiger partial charge in [0.25, 0.3) is 0 Å². The Kier molecular flexibility index (Phi) is 5.10. The molecule has 7 heteroatoms. The number of ether oxygens (including phenoxy) is 3. The van der Waals surface area contributed by atoms with E-state index in [4.69, 9.17) is 19.9 Å². The van der Waals surface area contributed by atoms with Crippen molar-refractivity contribution in [3.05, 3.63) is 65.9 Å². The summed E-state index contributed by atoms with van der Waals surface area (Å²) in [5.74, 6) is 1.33. The van der Waals surface area contributed by atoms with Gasteiger partial charge in [0.2, 0.25) is 5.91 Å². The first-order valence-corrected chi connectivity index (χ1v) is 9.16. The minimum atomic E-state index is -0.769. The zero-order chi connectivity index (χ0) is 21.3. The minimum absolute atomic E-state index is 0.333. The van der Waals surface area contributed by atoms with Crippen LogP contribution in [0, 0.1) is 0 Å². The fourth-order valence-corrected chi connectivity index (χ4v) is 3.50. The van der Waals surface area contributed by atoms with Gasteiger partial charge in [0.15, 0.2) is 11.5 Å². The van der Waals surface area contributed by atoms with Gasteiger partial charge in [-0.05, 0) is 41.1 Å². The third-order valence-corrected chi connectivity index (χ3v) is 4.96. The highest BCUT2D eigenvalue weighted by atomic mass is 19.1. The Morgan fingerprint density at radius 2 is 1.70 bits per heavy atom. The third kappa shape index (κ3) is 3.24. The molecule has 0 saturated heterocycles. The highest BCUT2D eigenvalue weighted by Crippen LogP contribution is 2.39. The molecule has 1 aromatic heterocycles. The average molecular weight is 406 g/mol. The Morgan fingerprint density at radius 3 is 2.40 bits per heavy atom. The van der Waals surface area contributed by atoms with E-state index in [1.54, 1.807) is 68.9 Å². The van der Waals surface area contributed by atoms with Crippen LogP contribution in [0.4, 0.5) is 4.39 Å². The number of carbonyl (C=O) groups excluding carboxylic acids is 1. The highest BCUT2D eigenvalue weighted by Gasteiger charge is 2.16. The molecule has 3 aromatic carbocycles. The smallest absolute Gasteiger partial charge is 0.249 e. The van der Waals surface area contributed by atoms with Gasteiger partial charge in [-0.2, -0.15) is 0 Å². The van der Waals surface area contributed by atoms with Crippen LogP contribution < -0.4 is 19.9 Å². The lowest BCUT2D eigenvalue weighted by Gasteiger charge is -2.15. The molecule has 0 aliphatic heterocycles. The number of amides is 1. The lowest BCUT2D eigenvalue weighted by Crippen LogP contribution is -2.11. The monoisotopic (exact) mass is 406 g/mol. The summed E-state index contributed by atoms with van der Waals surface area (Å²) in [6.45, 7) is -0.769. The average Bonchev–Trinajstić information content (AvgIpc) is 2.77. The van der Waals surface area contributed by atoms with Crippen LogP contribution in [0.1, 0.15) is 15.9 Å². The van der Waals surface area contributed by atoms with Crippen LogP contribution in [0.3, 0.4) is 0 Å². The van der Waals surface area contributed by atoms with Crippen molar-refractivity contribution in [2.45, 2.75) is 6.67 Å². The summed E-state index contributed by atoms with van der Waals surface area (Å²) >= 11 is 0. The molecule has 152 valence electrons. The molecule has 1 amide bonds. The first-order valence-electron chi connectivity index (χ1n) is 9.16. The van der Waals surface area contributed by atoms with Gasteiger partial charge in [0, 0.05) is 28.8 Å². The zero-order valence-electron chi connectivity index (χ0n) is 16.4. The topological polar surface area (TPSA) is 83.7 Å². The number of pyridine rings is 1. The number of alkyl halides is 1. The van der Waals surface area contributed by atoms with Gasteiger partial charge >= 0.3 is 0 Å². The van der Waals surface area contributed by atoms with Crippen LogP contribution in [0.2, 0.25) is 0 Å². The van der Waals surface area contributed by atoms with Crippen molar-refractivity contribution in [2.75, 3.05) is 14.2 Å². The van der Waals surface area contributed by atoms with E-state index >= 15 is 0 Å². The predicted octanol–water partition coefficient (Wildman–Crippen LogP) is 4.77. The maximum atomic E-state index is 14.0. The maximum absolute atomic E-state index is 14.0. The van der Waals surface area contributed by atoms with Gasteiger partial charge in [0.1, 0.15) is 18.2 Å². The molecular formula is C23H19FN2O4. The van der Waals surface area contributed by atoms with Crippen molar-refractivity contribution in [1.82, 2.24) is 4.98 Å². The van der Waals surface area contributed by atoms with E-state index in [0.717, 1.165) is 0 Å². The molecule has 4 rings (SSSR count). The number of nitrogens with two attached hydrogens (primary N) is 1. The van der Waals surface area contributed by atoms with Crippen molar-refractivity contribution in [3.8, 4) is 23.0 Å². The van der Waals surface area contributed by atoms with Gasteiger partial charge in [0.05, 0.1) is 19.7 Å². The van der Waals surface area contributed by atoms with Gasteiger partial charge in [-0.1, -0.05) is 12.1 Å². The van der Waals surface area contributed by atoms with E-state index in [-0.39, 0.29) is 0 Å². The molecule has 30 heavy (non-hydrogen) atoms. The predicted molar refractivity (Wildman–Crippen MR) is 112 cm³/mol. The fraction of sp³-hybridized carbons (Fsp3) is 0.130. The molecule has 0 radical (unpaired) electrons. The largest absolute Gasteiger partial charge is 0.493 e. The molecule has 2 N–H and O–H groups in total. The van der Waals surface area contributed by atoms with Crippen molar-refractivity contribution >= 4 is 27.6 Å². The van der Waals surface area contributed by atoms with Gasteiger partial charge < -0.3 is 19.9 Å². The number of carbonyl (C=O) groups is 1. The summed E-state index contributed by atoms with van der Waals surface area (Å²) in [6, 6.07) is 13.6. The number of benzene rings is 3. The minimum Gasteiger partial charge on any atom is -0.493 e. The zero-order valence-corrected chi connectivity index (χ0v) is 16.4. The Hall–Kier alpha value is -3.87. The van der Waals surface area contributed by atoms with Gasteiger partial charge in [-0.25, -0.2) is 4.39 Å². The van der Waals surface area contributed by atoms with Crippen LogP contribution in [0.25, 0.3) is 21.7 Å². The molecule has 1 heterocycles. The van der Waals surface area contributed by atoms with E-state index < -0.39 is 12.6 Å². The Labute approximate surface area is 172 Å². The molecule has 4 aromatic rings. The quantitative estimate of drug-likeness (QED) is 0.499. The summed E-state index contributed by atoms with van der Waals surface area (Å²) in [5.41, 5.74) is 6.76. The number of methoxy groups -OCH3 is 2. The molecular weight excluding hydrogens is 387 g/mol. The number of primary amides is 1. The lowest BCUT2D eigenvalue weighted by atomic mass is 9.99.